The van der Waals surface area contributed by atoms with E-state index in [0.29, 0.717) is 40.5 Å². The summed E-state index contributed by atoms with van der Waals surface area (Å²) in [7, 11) is 0. The third-order valence-electron chi connectivity index (χ3n) is 3.12. The van der Waals surface area contributed by atoms with Crippen LogP contribution < -0.4 is 14.8 Å². The molecular formula is C16H21ClN2O3S. The van der Waals surface area contributed by atoms with Gasteiger partial charge in [0.1, 0.15) is 0 Å². The molecule has 0 radical (unpaired) electrons. The molecule has 1 aromatic rings. The van der Waals surface area contributed by atoms with Crippen LogP contribution in [0.5, 0.6) is 11.5 Å². The fourth-order valence-electron chi connectivity index (χ4n) is 2.00. The number of amidine groups is 1. The Bertz CT molecular complexity index is 593. The Balaban J connectivity index is 2.18. The Morgan fingerprint density at radius 1 is 1.39 bits per heavy atom. The van der Waals surface area contributed by atoms with E-state index in [0.717, 1.165) is 25.1 Å². The molecule has 0 saturated heterocycles. The molecule has 0 bridgehead atoms. The molecule has 0 fully saturated rings. The quantitative estimate of drug-likeness (QED) is 0.756. The lowest BCUT2D eigenvalue weighted by atomic mass is 10.2. The Hall–Kier alpha value is -1.40. The van der Waals surface area contributed by atoms with Crippen LogP contribution in [0, 0.1) is 0 Å². The standard InChI is InChI=1S/C16H21ClN2O3S/c1-3-5-7-22-14-12(17)9-11(10-13(14)21-4-2)15(20)19-16-18-6-8-23-16/h9-10H,3-8H2,1-2H3,(H,18,19,20). The number of nitrogens with one attached hydrogen (secondary N) is 1. The van der Waals surface area contributed by atoms with E-state index in [1.807, 2.05) is 6.92 Å². The lowest BCUT2D eigenvalue weighted by molar-refractivity contribution is 0.0977. The average molecular weight is 357 g/mol. The van der Waals surface area contributed by atoms with Crippen LogP contribution in [0.2, 0.25) is 5.02 Å². The summed E-state index contributed by atoms with van der Waals surface area (Å²) in [4.78, 5) is 16.5. The summed E-state index contributed by atoms with van der Waals surface area (Å²) in [6.07, 6.45) is 1.96. The van der Waals surface area contributed by atoms with Crippen molar-refractivity contribution in [2.45, 2.75) is 26.7 Å². The number of hydrogen-bond acceptors (Lipinski definition) is 5. The Kier molecular flexibility index (Phi) is 7.05. The zero-order valence-electron chi connectivity index (χ0n) is 13.4. The van der Waals surface area contributed by atoms with Crippen LogP contribution in [0.3, 0.4) is 0 Å². The van der Waals surface area contributed by atoms with Gasteiger partial charge in [-0.2, -0.15) is 0 Å². The number of carbonyl (C=O) groups is 1. The molecule has 0 spiro atoms. The first-order chi connectivity index (χ1) is 11.2. The third-order valence-corrected chi connectivity index (χ3v) is 4.29. The Morgan fingerprint density at radius 2 is 2.22 bits per heavy atom. The van der Waals surface area contributed by atoms with Gasteiger partial charge in [-0.25, -0.2) is 0 Å². The molecule has 1 aliphatic rings. The van der Waals surface area contributed by atoms with Gasteiger partial charge < -0.3 is 14.8 Å². The minimum atomic E-state index is -0.249. The summed E-state index contributed by atoms with van der Waals surface area (Å²) in [5.41, 5.74) is 0.427. The molecule has 0 atom stereocenters. The van der Waals surface area contributed by atoms with Crippen molar-refractivity contribution in [2.75, 3.05) is 25.5 Å². The SMILES string of the molecule is CCCCOc1c(Cl)cc(C(=O)NC2=NCCS2)cc1OCC. The van der Waals surface area contributed by atoms with Gasteiger partial charge in [0, 0.05) is 11.3 Å². The number of benzene rings is 1. The first-order valence-corrected chi connectivity index (χ1v) is 9.09. The highest BCUT2D eigenvalue weighted by molar-refractivity contribution is 8.14. The number of nitrogens with zero attached hydrogens (tertiary/aromatic N) is 1. The predicted octanol–water partition coefficient (Wildman–Crippen LogP) is 3.75. The van der Waals surface area contributed by atoms with Gasteiger partial charge >= 0.3 is 0 Å². The largest absolute Gasteiger partial charge is 0.490 e. The summed E-state index contributed by atoms with van der Waals surface area (Å²) in [5.74, 6) is 1.62. The number of halogens is 1. The summed E-state index contributed by atoms with van der Waals surface area (Å²) in [6, 6.07) is 3.26. The molecule has 5 nitrogen and oxygen atoms in total. The second kappa shape index (κ2) is 9.03. The van der Waals surface area contributed by atoms with E-state index in [9.17, 15) is 4.79 Å². The zero-order valence-corrected chi connectivity index (χ0v) is 14.9. The number of hydrogen-bond donors (Lipinski definition) is 1. The van der Waals surface area contributed by atoms with Crippen LogP contribution >= 0.6 is 23.4 Å². The monoisotopic (exact) mass is 356 g/mol. The second-order valence-electron chi connectivity index (χ2n) is 4.91. The van der Waals surface area contributed by atoms with Gasteiger partial charge in [-0.05, 0) is 25.5 Å². The molecule has 23 heavy (non-hydrogen) atoms. The van der Waals surface area contributed by atoms with E-state index < -0.39 is 0 Å². The molecule has 0 aromatic heterocycles. The number of thioether (sulfide) groups is 1. The van der Waals surface area contributed by atoms with Gasteiger partial charge in [0.2, 0.25) is 0 Å². The number of rotatable bonds is 7. The van der Waals surface area contributed by atoms with E-state index in [-0.39, 0.29) is 5.91 Å². The molecule has 0 saturated carbocycles. The predicted molar refractivity (Wildman–Crippen MR) is 95.3 cm³/mol. The topological polar surface area (TPSA) is 59.9 Å². The smallest absolute Gasteiger partial charge is 0.257 e. The van der Waals surface area contributed by atoms with Crippen molar-refractivity contribution in [3.05, 3.63) is 22.7 Å². The fraction of sp³-hybridized carbons (Fsp3) is 0.500. The van der Waals surface area contributed by atoms with Crippen molar-refractivity contribution in [3.63, 3.8) is 0 Å². The van der Waals surface area contributed by atoms with Gasteiger partial charge in [0.15, 0.2) is 16.7 Å². The van der Waals surface area contributed by atoms with Crippen LogP contribution in [0.15, 0.2) is 17.1 Å². The van der Waals surface area contributed by atoms with Crippen molar-refractivity contribution in [1.82, 2.24) is 5.32 Å². The number of aliphatic imine (C=N–C) groups is 1. The van der Waals surface area contributed by atoms with Crippen LogP contribution in [-0.4, -0.2) is 36.6 Å². The molecule has 0 aliphatic carbocycles. The minimum absolute atomic E-state index is 0.249. The molecule has 1 heterocycles. The highest BCUT2D eigenvalue weighted by Crippen LogP contribution is 2.37. The third kappa shape index (κ3) is 5.04. The number of unbranched alkanes of at least 4 members (excludes halogenated alkanes) is 1. The highest BCUT2D eigenvalue weighted by Gasteiger charge is 2.18. The Labute approximate surface area is 145 Å². The molecule has 1 aliphatic heterocycles. The summed E-state index contributed by atoms with van der Waals surface area (Å²) >= 11 is 7.82. The zero-order chi connectivity index (χ0) is 16.7. The second-order valence-corrected chi connectivity index (χ2v) is 6.40. The molecule has 126 valence electrons. The lowest BCUT2D eigenvalue weighted by Gasteiger charge is -2.15. The maximum absolute atomic E-state index is 12.3. The van der Waals surface area contributed by atoms with Crippen LogP contribution in [0.1, 0.15) is 37.0 Å². The molecular weight excluding hydrogens is 336 g/mol. The van der Waals surface area contributed by atoms with Crippen LogP contribution in [0.25, 0.3) is 0 Å². The average Bonchev–Trinajstić information content (AvgIpc) is 3.03. The van der Waals surface area contributed by atoms with Crippen LogP contribution in [-0.2, 0) is 0 Å². The number of ether oxygens (including phenoxy) is 2. The maximum Gasteiger partial charge on any atom is 0.257 e. The van der Waals surface area contributed by atoms with Gasteiger partial charge in [-0.3, -0.25) is 9.79 Å². The molecule has 1 amide bonds. The van der Waals surface area contributed by atoms with Crippen molar-refractivity contribution >= 4 is 34.4 Å². The molecule has 0 unspecified atom stereocenters. The first kappa shape index (κ1) is 17.9. The number of carbonyl (C=O) groups excluding carboxylic acids is 1. The first-order valence-electron chi connectivity index (χ1n) is 7.73. The maximum atomic E-state index is 12.3. The van der Waals surface area contributed by atoms with E-state index in [1.54, 1.807) is 12.1 Å². The van der Waals surface area contributed by atoms with E-state index >= 15 is 0 Å². The summed E-state index contributed by atoms with van der Waals surface area (Å²) in [6.45, 7) is 5.73. The van der Waals surface area contributed by atoms with Crippen molar-refractivity contribution in [1.29, 1.82) is 0 Å². The highest BCUT2D eigenvalue weighted by atomic mass is 35.5. The van der Waals surface area contributed by atoms with E-state index in [1.165, 1.54) is 11.8 Å². The van der Waals surface area contributed by atoms with Gasteiger partial charge in [-0.15, -0.1) is 0 Å². The van der Waals surface area contributed by atoms with Crippen molar-refractivity contribution in [3.8, 4) is 11.5 Å². The Morgan fingerprint density at radius 3 is 2.87 bits per heavy atom. The van der Waals surface area contributed by atoms with Gasteiger partial charge in [0.25, 0.3) is 5.91 Å². The molecule has 2 rings (SSSR count). The van der Waals surface area contributed by atoms with E-state index in [2.05, 4.69) is 17.2 Å². The number of amides is 1. The van der Waals surface area contributed by atoms with Crippen molar-refractivity contribution < 1.29 is 14.3 Å². The molecule has 7 heteroatoms. The van der Waals surface area contributed by atoms with Crippen LogP contribution in [0.4, 0.5) is 0 Å². The van der Waals surface area contributed by atoms with Gasteiger partial charge in [-0.1, -0.05) is 36.7 Å². The minimum Gasteiger partial charge on any atom is -0.490 e. The summed E-state index contributed by atoms with van der Waals surface area (Å²) in [5, 5.41) is 3.80. The molecule has 1 N–H and O–H groups in total. The normalized spacial score (nSPS) is 13.6. The van der Waals surface area contributed by atoms with Gasteiger partial charge in [0.05, 0.1) is 24.8 Å². The fourth-order valence-corrected chi connectivity index (χ4v) is 2.99. The van der Waals surface area contributed by atoms with Crippen molar-refractivity contribution in [2.24, 2.45) is 4.99 Å². The lowest BCUT2D eigenvalue weighted by Crippen LogP contribution is -2.27. The van der Waals surface area contributed by atoms with E-state index in [4.69, 9.17) is 21.1 Å². The summed E-state index contributed by atoms with van der Waals surface area (Å²) < 4.78 is 11.3. The molecule has 1 aromatic carbocycles.